The van der Waals surface area contributed by atoms with Crippen molar-refractivity contribution in [2.75, 3.05) is 13.2 Å². The zero-order chi connectivity index (χ0) is 25.3. The SMILES string of the molecule is CC(OC(=O)c1cc(-c2ccc(C(F)(F)F)cc2Cl)ccc1[N+](=O)[O-])C(N)=O.CCOCC. The Labute approximate surface area is 192 Å². The van der Waals surface area contributed by atoms with Gasteiger partial charge in [0.15, 0.2) is 6.10 Å². The molecule has 0 heterocycles. The first-order chi connectivity index (χ1) is 15.3. The second kappa shape index (κ2) is 12.2. The smallest absolute Gasteiger partial charge is 0.416 e. The number of esters is 1. The summed E-state index contributed by atoms with van der Waals surface area (Å²) in [6.07, 6.45) is -5.94. The lowest BCUT2D eigenvalue weighted by Gasteiger charge is -2.12. The number of alkyl halides is 3. The number of nitrogens with zero attached hydrogens (tertiary/aromatic N) is 1. The van der Waals surface area contributed by atoms with Gasteiger partial charge in [-0.15, -0.1) is 0 Å². The number of rotatable bonds is 7. The van der Waals surface area contributed by atoms with Crippen LogP contribution in [0.4, 0.5) is 18.9 Å². The Bertz CT molecular complexity index is 1010. The molecule has 12 heteroatoms. The van der Waals surface area contributed by atoms with Gasteiger partial charge in [-0.2, -0.15) is 13.2 Å². The van der Waals surface area contributed by atoms with Crippen LogP contribution in [-0.4, -0.2) is 36.1 Å². The van der Waals surface area contributed by atoms with Gasteiger partial charge in [-0.3, -0.25) is 14.9 Å². The Morgan fingerprint density at radius 3 is 2.18 bits per heavy atom. The molecule has 0 aliphatic heterocycles. The molecular weight excluding hydrogens is 469 g/mol. The molecule has 0 saturated carbocycles. The number of carbonyl (C=O) groups excluding carboxylic acids is 2. The van der Waals surface area contributed by atoms with Crippen molar-refractivity contribution < 1.29 is 37.2 Å². The largest absolute Gasteiger partial charge is 0.449 e. The molecule has 0 aliphatic carbocycles. The lowest BCUT2D eigenvalue weighted by Crippen LogP contribution is -2.30. The van der Waals surface area contributed by atoms with Crippen LogP contribution >= 0.6 is 11.6 Å². The van der Waals surface area contributed by atoms with Crippen molar-refractivity contribution in [3.8, 4) is 11.1 Å². The normalized spacial score (nSPS) is 11.7. The third-order valence-corrected chi connectivity index (χ3v) is 4.43. The number of nitro groups is 1. The minimum atomic E-state index is -4.60. The number of nitro benzene ring substituents is 1. The molecule has 1 atom stereocenters. The van der Waals surface area contributed by atoms with E-state index in [0.717, 1.165) is 37.5 Å². The highest BCUT2D eigenvalue weighted by Crippen LogP contribution is 2.37. The zero-order valence-electron chi connectivity index (χ0n) is 17.9. The molecule has 0 fully saturated rings. The topological polar surface area (TPSA) is 122 Å². The van der Waals surface area contributed by atoms with Crippen LogP contribution in [0.15, 0.2) is 36.4 Å². The monoisotopic (exact) mass is 490 g/mol. The van der Waals surface area contributed by atoms with Crippen molar-refractivity contribution in [1.82, 2.24) is 0 Å². The summed E-state index contributed by atoms with van der Waals surface area (Å²) in [7, 11) is 0. The highest BCUT2D eigenvalue weighted by atomic mass is 35.5. The fourth-order valence-electron chi connectivity index (χ4n) is 2.44. The quantitative estimate of drug-likeness (QED) is 0.331. The average Bonchev–Trinajstić information content (AvgIpc) is 2.73. The molecule has 0 saturated heterocycles. The molecule has 0 spiro atoms. The third-order valence-electron chi connectivity index (χ3n) is 4.11. The van der Waals surface area contributed by atoms with Gasteiger partial charge >= 0.3 is 12.1 Å². The zero-order valence-corrected chi connectivity index (χ0v) is 18.7. The van der Waals surface area contributed by atoms with Crippen LogP contribution in [0.25, 0.3) is 11.1 Å². The lowest BCUT2D eigenvalue weighted by molar-refractivity contribution is -0.385. The summed E-state index contributed by atoms with van der Waals surface area (Å²) in [5, 5.41) is 10.9. The van der Waals surface area contributed by atoms with E-state index in [1.54, 1.807) is 0 Å². The Morgan fingerprint density at radius 2 is 1.76 bits per heavy atom. The fourth-order valence-corrected chi connectivity index (χ4v) is 2.73. The van der Waals surface area contributed by atoms with E-state index in [4.69, 9.17) is 26.8 Å². The average molecular weight is 491 g/mol. The van der Waals surface area contributed by atoms with E-state index < -0.39 is 45.9 Å². The number of halogens is 4. The Balaban J connectivity index is 0.000000981. The summed E-state index contributed by atoms with van der Waals surface area (Å²) in [6, 6.07) is 5.81. The standard InChI is InChI=1S/C17H12ClF3N2O5.C4H10O/c1-8(15(22)24)28-16(25)12-6-9(2-5-14(12)23(26)27)11-4-3-10(7-13(11)18)17(19,20)21;1-3-5-4-2/h2-8H,1H3,(H2,22,24);3-4H2,1-2H3. The van der Waals surface area contributed by atoms with Gasteiger partial charge in [0.05, 0.1) is 10.5 Å². The van der Waals surface area contributed by atoms with Gasteiger partial charge in [-0.25, -0.2) is 4.79 Å². The molecule has 0 aromatic heterocycles. The van der Waals surface area contributed by atoms with E-state index in [2.05, 4.69) is 0 Å². The molecule has 0 aliphatic rings. The lowest BCUT2D eigenvalue weighted by atomic mass is 10.0. The number of ether oxygens (including phenoxy) is 2. The van der Waals surface area contributed by atoms with E-state index in [9.17, 15) is 32.9 Å². The fraction of sp³-hybridized carbons (Fsp3) is 0.333. The summed E-state index contributed by atoms with van der Waals surface area (Å²) in [5.74, 6) is -2.15. The second-order valence-corrected chi connectivity index (χ2v) is 6.82. The number of nitrogens with two attached hydrogens (primary N) is 1. The van der Waals surface area contributed by atoms with Crippen LogP contribution in [0.5, 0.6) is 0 Å². The van der Waals surface area contributed by atoms with Crippen molar-refractivity contribution in [1.29, 1.82) is 0 Å². The first kappa shape index (κ1) is 27.9. The third kappa shape index (κ3) is 8.03. The summed E-state index contributed by atoms with van der Waals surface area (Å²) >= 11 is 5.92. The molecule has 2 rings (SSSR count). The van der Waals surface area contributed by atoms with Gasteiger partial charge in [0, 0.05) is 29.9 Å². The van der Waals surface area contributed by atoms with E-state index in [0.29, 0.717) is 6.07 Å². The van der Waals surface area contributed by atoms with Crippen molar-refractivity contribution in [3.63, 3.8) is 0 Å². The Kier molecular flexibility index (Phi) is 10.3. The summed E-state index contributed by atoms with van der Waals surface area (Å²) < 4.78 is 47.9. The molecule has 0 radical (unpaired) electrons. The van der Waals surface area contributed by atoms with Gasteiger partial charge in [-0.05, 0) is 50.6 Å². The molecule has 33 heavy (non-hydrogen) atoms. The van der Waals surface area contributed by atoms with Crippen LogP contribution in [0.1, 0.15) is 36.7 Å². The molecular formula is C21H22ClF3N2O6. The number of carbonyl (C=O) groups is 2. The Morgan fingerprint density at radius 1 is 1.15 bits per heavy atom. The van der Waals surface area contributed by atoms with E-state index in [1.165, 1.54) is 13.0 Å². The van der Waals surface area contributed by atoms with E-state index in [1.807, 2.05) is 13.8 Å². The van der Waals surface area contributed by atoms with E-state index in [-0.39, 0.29) is 16.1 Å². The van der Waals surface area contributed by atoms with Crippen LogP contribution in [0.3, 0.4) is 0 Å². The molecule has 1 unspecified atom stereocenters. The molecule has 1 amide bonds. The van der Waals surface area contributed by atoms with Gasteiger partial charge in [-0.1, -0.05) is 17.7 Å². The van der Waals surface area contributed by atoms with E-state index >= 15 is 0 Å². The first-order valence-corrected chi connectivity index (χ1v) is 9.94. The number of hydrogen-bond donors (Lipinski definition) is 1. The number of benzene rings is 2. The summed E-state index contributed by atoms with van der Waals surface area (Å²) in [6.45, 7) is 6.85. The van der Waals surface area contributed by atoms with Crippen molar-refractivity contribution >= 4 is 29.2 Å². The first-order valence-electron chi connectivity index (χ1n) is 9.57. The van der Waals surface area contributed by atoms with Crippen molar-refractivity contribution in [3.05, 3.63) is 62.7 Å². The highest BCUT2D eigenvalue weighted by molar-refractivity contribution is 6.33. The van der Waals surface area contributed by atoms with Gasteiger partial charge in [0.2, 0.25) is 0 Å². The predicted molar refractivity (Wildman–Crippen MR) is 115 cm³/mol. The van der Waals surface area contributed by atoms with Crippen LogP contribution in [-0.2, 0) is 20.4 Å². The number of primary amides is 1. The predicted octanol–water partition coefficient (Wildman–Crippen LogP) is 5.01. The molecule has 0 bridgehead atoms. The Hall–Kier alpha value is -3.18. The maximum Gasteiger partial charge on any atom is 0.416 e. The number of hydrogen-bond acceptors (Lipinski definition) is 6. The van der Waals surface area contributed by atoms with Gasteiger partial charge in [0.25, 0.3) is 11.6 Å². The molecule has 2 N–H and O–H groups in total. The van der Waals surface area contributed by atoms with Crippen molar-refractivity contribution in [2.24, 2.45) is 5.73 Å². The molecule has 8 nitrogen and oxygen atoms in total. The van der Waals surface area contributed by atoms with Gasteiger partial charge in [0.1, 0.15) is 5.56 Å². The van der Waals surface area contributed by atoms with Gasteiger partial charge < -0.3 is 15.2 Å². The molecule has 180 valence electrons. The van der Waals surface area contributed by atoms with Crippen LogP contribution in [0.2, 0.25) is 5.02 Å². The minimum absolute atomic E-state index is 0.113. The molecule has 2 aromatic carbocycles. The van der Waals surface area contributed by atoms with Crippen molar-refractivity contribution in [2.45, 2.75) is 33.1 Å². The highest BCUT2D eigenvalue weighted by Gasteiger charge is 2.31. The number of amides is 1. The maximum atomic E-state index is 12.8. The molecule has 2 aromatic rings. The maximum absolute atomic E-state index is 12.8. The van der Waals surface area contributed by atoms with Crippen LogP contribution < -0.4 is 5.73 Å². The van der Waals surface area contributed by atoms with Crippen LogP contribution in [0, 0.1) is 10.1 Å². The minimum Gasteiger partial charge on any atom is -0.449 e. The second-order valence-electron chi connectivity index (χ2n) is 6.41. The summed E-state index contributed by atoms with van der Waals surface area (Å²) in [5.41, 5.74) is 3.15. The summed E-state index contributed by atoms with van der Waals surface area (Å²) in [4.78, 5) is 33.6.